The zero-order valence-corrected chi connectivity index (χ0v) is 12.5. The first-order valence-corrected chi connectivity index (χ1v) is 7.43. The van der Waals surface area contributed by atoms with Gasteiger partial charge < -0.3 is 19.6 Å². The second kappa shape index (κ2) is 8.17. The lowest BCUT2D eigenvalue weighted by Gasteiger charge is -2.31. The van der Waals surface area contributed by atoms with Gasteiger partial charge in [-0.2, -0.15) is 0 Å². The van der Waals surface area contributed by atoms with Crippen molar-refractivity contribution < 1.29 is 18.7 Å². The number of methoxy groups -OCH3 is 1. The Kier molecular flexibility index (Phi) is 6.22. The number of carbonyl (C=O) groups is 1. The number of carbonyl (C=O) groups excluding carboxylic acids is 1. The number of esters is 1. The number of rotatable bonds is 7. The summed E-state index contributed by atoms with van der Waals surface area (Å²) in [6, 6.07) is 1.66. The van der Waals surface area contributed by atoms with Gasteiger partial charge in [0, 0.05) is 19.7 Å². The molecule has 6 heteroatoms. The number of ether oxygens (including phenoxy) is 2. The van der Waals surface area contributed by atoms with Crippen molar-refractivity contribution in [2.75, 3.05) is 33.4 Å². The van der Waals surface area contributed by atoms with E-state index in [0.717, 1.165) is 39.0 Å². The summed E-state index contributed by atoms with van der Waals surface area (Å²) in [5.74, 6) is 0.322. The first-order valence-electron chi connectivity index (χ1n) is 7.43. The van der Waals surface area contributed by atoms with E-state index in [1.165, 1.54) is 13.4 Å². The third kappa shape index (κ3) is 4.56. The highest BCUT2D eigenvalue weighted by Gasteiger charge is 2.23. The summed E-state index contributed by atoms with van der Waals surface area (Å²) in [6.07, 6.45) is 4.77. The Hall–Kier alpha value is -1.37. The smallest absolute Gasteiger partial charge is 0.341 e. The minimum Gasteiger partial charge on any atom is -0.467 e. The molecule has 1 saturated heterocycles. The Morgan fingerprint density at radius 3 is 2.90 bits per heavy atom. The summed E-state index contributed by atoms with van der Waals surface area (Å²) >= 11 is 0. The van der Waals surface area contributed by atoms with E-state index in [0.29, 0.717) is 30.5 Å². The lowest BCUT2D eigenvalue weighted by atomic mass is 10.1. The van der Waals surface area contributed by atoms with Gasteiger partial charge in [0.25, 0.3) is 0 Å². The van der Waals surface area contributed by atoms with Gasteiger partial charge in [0.2, 0.25) is 0 Å². The fraction of sp³-hybridized carbons (Fsp3) is 0.667. The molecule has 1 fully saturated rings. The Morgan fingerprint density at radius 1 is 1.48 bits per heavy atom. The second-order valence-corrected chi connectivity index (χ2v) is 5.24. The van der Waals surface area contributed by atoms with Gasteiger partial charge >= 0.3 is 5.97 Å². The van der Waals surface area contributed by atoms with E-state index in [9.17, 15) is 4.79 Å². The monoisotopic (exact) mass is 296 g/mol. The molecule has 1 aromatic heterocycles. The van der Waals surface area contributed by atoms with Crippen LogP contribution in [-0.4, -0.2) is 50.3 Å². The zero-order valence-electron chi connectivity index (χ0n) is 12.5. The minimum atomic E-state index is -0.348. The molecule has 118 valence electrons. The largest absolute Gasteiger partial charge is 0.467 e. The molecule has 0 unspecified atom stereocenters. The van der Waals surface area contributed by atoms with Crippen LogP contribution in [0.25, 0.3) is 0 Å². The molecule has 1 aliphatic rings. The third-order valence-electron chi connectivity index (χ3n) is 3.75. The van der Waals surface area contributed by atoms with Crippen LogP contribution in [-0.2, 0) is 16.0 Å². The molecule has 0 saturated carbocycles. The van der Waals surface area contributed by atoms with Crippen LogP contribution in [0, 0.1) is 0 Å². The van der Waals surface area contributed by atoms with Crippen LogP contribution in [0.4, 0.5) is 0 Å². The predicted octanol–water partition coefficient (Wildman–Crippen LogP) is 1.40. The molecule has 0 atom stereocenters. The molecule has 2 rings (SSSR count). The molecule has 21 heavy (non-hydrogen) atoms. The van der Waals surface area contributed by atoms with Crippen LogP contribution < -0.4 is 5.73 Å². The third-order valence-corrected chi connectivity index (χ3v) is 3.75. The topological polar surface area (TPSA) is 77.9 Å². The number of likely N-dealkylation sites (tertiary alicyclic amines) is 1. The van der Waals surface area contributed by atoms with Crippen LogP contribution in [0.3, 0.4) is 0 Å². The van der Waals surface area contributed by atoms with Crippen molar-refractivity contribution in [3.8, 4) is 0 Å². The van der Waals surface area contributed by atoms with E-state index < -0.39 is 0 Å². The average Bonchev–Trinajstić information content (AvgIpc) is 2.96. The summed E-state index contributed by atoms with van der Waals surface area (Å²) in [7, 11) is 1.38. The first-order chi connectivity index (χ1) is 10.2. The van der Waals surface area contributed by atoms with E-state index in [1.807, 2.05) is 0 Å². The molecule has 1 aliphatic heterocycles. The maximum atomic E-state index is 11.6. The number of hydrogen-bond acceptors (Lipinski definition) is 6. The molecule has 0 aromatic carbocycles. The average molecular weight is 296 g/mol. The van der Waals surface area contributed by atoms with E-state index in [1.54, 1.807) is 6.07 Å². The normalized spacial score (nSPS) is 17.0. The standard InChI is InChI=1S/C15H24N2O4/c1-19-15(18)13-5-10-21-14(13)11-17-7-3-12(4-8-17)20-9-2-6-16/h5,10,12H,2-4,6-9,11,16H2,1H3. The molecule has 6 nitrogen and oxygen atoms in total. The van der Waals surface area contributed by atoms with Crippen LogP contribution in [0.5, 0.6) is 0 Å². The van der Waals surface area contributed by atoms with Gasteiger partial charge in [0.1, 0.15) is 11.3 Å². The first kappa shape index (κ1) is 16.0. The maximum absolute atomic E-state index is 11.6. The Labute approximate surface area is 125 Å². The van der Waals surface area contributed by atoms with Crippen molar-refractivity contribution >= 4 is 5.97 Å². The molecular formula is C15H24N2O4. The summed E-state index contributed by atoms with van der Waals surface area (Å²) in [4.78, 5) is 13.9. The van der Waals surface area contributed by atoms with Crippen molar-refractivity contribution in [3.05, 3.63) is 23.7 Å². The highest BCUT2D eigenvalue weighted by atomic mass is 16.5. The van der Waals surface area contributed by atoms with Gasteiger partial charge in [-0.05, 0) is 31.9 Å². The van der Waals surface area contributed by atoms with Crippen LogP contribution >= 0.6 is 0 Å². The quantitative estimate of drug-likeness (QED) is 0.605. The van der Waals surface area contributed by atoms with E-state index >= 15 is 0 Å². The highest BCUT2D eigenvalue weighted by molar-refractivity contribution is 5.90. The molecular weight excluding hydrogens is 272 g/mol. The van der Waals surface area contributed by atoms with Crippen LogP contribution in [0.15, 0.2) is 16.7 Å². The lowest BCUT2D eigenvalue weighted by Crippen LogP contribution is -2.37. The van der Waals surface area contributed by atoms with Gasteiger partial charge in [-0.15, -0.1) is 0 Å². The molecule has 0 amide bonds. The van der Waals surface area contributed by atoms with Gasteiger partial charge in [-0.1, -0.05) is 0 Å². The highest BCUT2D eigenvalue weighted by Crippen LogP contribution is 2.19. The fourth-order valence-electron chi connectivity index (χ4n) is 2.53. The molecule has 0 aliphatic carbocycles. The molecule has 0 spiro atoms. The van der Waals surface area contributed by atoms with E-state index in [-0.39, 0.29) is 5.97 Å². The number of furan rings is 1. The molecule has 2 heterocycles. The van der Waals surface area contributed by atoms with Gasteiger partial charge in [0.15, 0.2) is 0 Å². The number of hydrogen-bond donors (Lipinski definition) is 1. The number of piperidine rings is 1. The van der Waals surface area contributed by atoms with Crippen molar-refractivity contribution in [3.63, 3.8) is 0 Å². The summed E-state index contributed by atoms with van der Waals surface area (Å²) in [5, 5.41) is 0. The molecule has 1 aromatic rings. The maximum Gasteiger partial charge on any atom is 0.341 e. The zero-order chi connectivity index (χ0) is 15.1. The van der Waals surface area contributed by atoms with Crippen LogP contribution in [0.2, 0.25) is 0 Å². The predicted molar refractivity (Wildman–Crippen MR) is 78.0 cm³/mol. The summed E-state index contributed by atoms with van der Waals surface area (Å²) in [5.41, 5.74) is 5.97. The van der Waals surface area contributed by atoms with Crippen LogP contribution in [0.1, 0.15) is 35.4 Å². The Morgan fingerprint density at radius 2 is 2.24 bits per heavy atom. The Balaban J connectivity index is 1.78. The van der Waals surface area contributed by atoms with Crippen molar-refractivity contribution in [1.29, 1.82) is 0 Å². The SMILES string of the molecule is COC(=O)c1ccoc1CN1CCC(OCCCN)CC1. The Bertz CT molecular complexity index is 439. The molecule has 0 bridgehead atoms. The number of nitrogens with two attached hydrogens (primary N) is 1. The van der Waals surface area contributed by atoms with Gasteiger partial charge in [-0.3, -0.25) is 4.90 Å². The second-order valence-electron chi connectivity index (χ2n) is 5.24. The fourth-order valence-corrected chi connectivity index (χ4v) is 2.53. The van der Waals surface area contributed by atoms with Gasteiger partial charge in [0.05, 0.1) is 26.0 Å². The van der Waals surface area contributed by atoms with E-state index in [2.05, 4.69) is 4.90 Å². The van der Waals surface area contributed by atoms with Crippen molar-refractivity contribution in [2.45, 2.75) is 31.9 Å². The van der Waals surface area contributed by atoms with Crippen molar-refractivity contribution in [2.24, 2.45) is 5.73 Å². The summed E-state index contributed by atoms with van der Waals surface area (Å²) < 4.78 is 15.9. The number of nitrogens with zero attached hydrogens (tertiary/aromatic N) is 1. The molecule has 0 radical (unpaired) electrons. The van der Waals surface area contributed by atoms with Crippen molar-refractivity contribution in [1.82, 2.24) is 4.90 Å². The molecule has 2 N–H and O–H groups in total. The summed E-state index contributed by atoms with van der Waals surface area (Å²) in [6.45, 7) is 3.93. The van der Waals surface area contributed by atoms with Gasteiger partial charge in [-0.25, -0.2) is 4.79 Å². The lowest BCUT2D eigenvalue weighted by molar-refractivity contribution is 0.00430. The van der Waals surface area contributed by atoms with E-state index in [4.69, 9.17) is 19.6 Å². The minimum absolute atomic E-state index is 0.324.